The lowest BCUT2D eigenvalue weighted by atomic mass is 10.1. The number of aryl methyl sites for hydroxylation is 1. The molecule has 1 fully saturated rings. The molecule has 1 aliphatic heterocycles. The van der Waals surface area contributed by atoms with Crippen LogP contribution in [0.4, 0.5) is 0 Å². The van der Waals surface area contributed by atoms with E-state index in [4.69, 9.17) is 4.74 Å². The zero-order valence-electron chi connectivity index (χ0n) is 15.4. The maximum Gasteiger partial charge on any atom is 0.213 e. The van der Waals surface area contributed by atoms with Gasteiger partial charge < -0.3 is 15.4 Å². The van der Waals surface area contributed by atoms with Crippen LogP contribution in [0.2, 0.25) is 0 Å². The Labute approximate surface area is 154 Å². The average molecular weight is 388 g/mol. The van der Waals surface area contributed by atoms with Gasteiger partial charge >= 0.3 is 0 Å². The zero-order valence-corrected chi connectivity index (χ0v) is 16.3. The van der Waals surface area contributed by atoms with Crippen LogP contribution in [-0.2, 0) is 28.4 Å². The molecule has 11 heteroatoms. The zero-order chi connectivity index (χ0) is 18.8. The highest BCUT2D eigenvalue weighted by molar-refractivity contribution is 7.89. The predicted molar refractivity (Wildman–Crippen MR) is 99.2 cm³/mol. The van der Waals surface area contributed by atoms with E-state index in [-0.39, 0.29) is 18.4 Å². The van der Waals surface area contributed by atoms with Crippen molar-refractivity contribution in [1.82, 2.24) is 30.1 Å². The minimum absolute atomic E-state index is 0.0169. The molecule has 1 unspecified atom stereocenters. The molecule has 0 aromatic carbocycles. The molecule has 1 saturated heterocycles. The van der Waals surface area contributed by atoms with E-state index >= 15 is 0 Å². The molecule has 1 atom stereocenters. The molecule has 3 N–H and O–H groups in total. The summed E-state index contributed by atoms with van der Waals surface area (Å²) in [7, 11) is -1.56. The number of hydrogen-bond donors (Lipinski definition) is 3. The second-order valence-corrected chi connectivity index (χ2v) is 8.00. The number of aromatic nitrogens is 3. The van der Waals surface area contributed by atoms with Crippen molar-refractivity contribution in [3.63, 3.8) is 0 Å². The topological polar surface area (TPSA) is 123 Å². The standard InChI is InChI=1S/C15H29N7O3S/c1-3-16-15(18-11-14-19-12-20-22(14)2)17-7-9-26(23,24)21-10-13-6-4-5-8-25-13/h12-13,21H,3-11H2,1-2H3,(H2,16,17,18). The number of ether oxygens (including phenoxy) is 1. The van der Waals surface area contributed by atoms with E-state index in [2.05, 4.69) is 30.4 Å². The number of sulfonamides is 1. The van der Waals surface area contributed by atoms with Gasteiger partial charge in [0.25, 0.3) is 0 Å². The summed E-state index contributed by atoms with van der Waals surface area (Å²) in [6, 6.07) is 0. The van der Waals surface area contributed by atoms with E-state index in [0.717, 1.165) is 25.1 Å². The van der Waals surface area contributed by atoms with Gasteiger partial charge in [0.15, 0.2) is 5.96 Å². The predicted octanol–water partition coefficient (Wildman–Crippen LogP) is -0.641. The summed E-state index contributed by atoms with van der Waals surface area (Å²) in [5, 5.41) is 10.1. The maximum atomic E-state index is 12.1. The van der Waals surface area contributed by atoms with Crippen LogP contribution in [0, 0.1) is 0 Å². The maximum absolute atomic E-state index is 12.1. The molecule has 26 heavy (non-hydrogen) atoms. The summed E-state index contributed by atoms with van der Waals surface area (Å²) in [5.74, 6) is 1.24. The molecule has 1 aliphatic rings. The second kappa shape index (κ2) is 10.4. The van der Waals surface area contributed by atoms with Crippen LogP contribution in [-0.4, -0.2) is 67.2 Å². The summed E-state index contributed by atoms with van der Waals surface area (Å²) in [5.41, 5.74) is 0. The van der Waals surface area contributed by atoms with Crippen LogP contribution in [0.5, 0.6) is 0 Å². The first-order valence-electron chi connectivity index (χ1n) is 8.94. The van der Waals surface area contributed by atoms with Crippen molar-refractivity contribution in [3.8, 4) is 0 Å². The number of aliphatic imine (C=N–C) groups is 1. The van der Waals surface area contributed by atoms with Crippen molar-refractivity contribution in [1.29, 1.82) is 0 Å². The molecule has 2 heterocycles. The number of nitrogens with one attached hydrogen (secondary N) is 3. The molecule has 0 aliphatic carbocycles. The van der Waals surface area contributed by atoms with Crippen molar-refractivity contribution >= 4 is 16.0 Å². The van der Waals surface area contributed by atoms with E-state index < -0.39 is 10.0 Å². The second-order valence-electron chi connectivity index (χ2n) is 6.08. The summed E-state index contributed by atoms with van der Waals surface area (Å²) < 4.78 is 34.0. The lowest BCUT2D eigenvalue weighted by Crippen LogP contribution is -2.42. The van der Waals surface area contributed by atoms with Gasteiger partial charge in [-0.3, -0.25) is 4.68 Å². The van der Waals surface area contributed by atoms with E-state index in [9.17, 15) is 8.42 Å². The van der Waals surface area contributed by atoms with Gasteiger partial charge in [-0.05, 0) is 26.2 Å². The van der Waals surface area contributed by atoms with Crippen molar-refractivity contribution < 1.29 is 13.2 Å². The number of nitrogens with zero attached hydrogens (tertiary/aromatic N) is 4. The van der Waals surface area contributed by atoms with Gasteiger partial charge in [-0.2, -0.15) is 5.10 Å². The third-order valence-corrected chi connectivity index (χ3v) is 5.34. The van der Waals surface area contributed by atoms with Crippen LogP contribution >= 0.6 is 0 Å². The fraction of sp³-hybridized carbons (Fsp3) is 0.800. The molecule has 148 valence electrons. The number of rotatable bonds is 9. The highest BCUT2D eigenvalue weighted by Crippen LogP contribution is 2.11. The first-order chi connectivity index (χ1) is 12.5. The molecule has 1 aromatic rings. The van der Waals surface area contributed by atoms with Crippen molar-refractivity contribution in [2.75, 3.05) is 32.0 Å². The number of guanidine groups is 1. The molecular weight excluding hydrogens is 358 g/mol. The van der Waals surface area contributed by atoms with Gasteiger partial charge in [0.1, 0.15) is 18.7 Å². The fourth-order valence-electron chi connectivity index (χ4n) is 2.52. The van der Waals surface area contributed by atoms with Crippen LogP contribution in [0.15, 0.2) is 11.3 Å². The Kier molecular flexibility index (Phi) is 8.26. The Hall–Kier alpha value is -1.72. The van der Waals surface area contributed by atoms with Crippen LogP contribution in [0.25, 0.3) is 0 Å². The molecule has 1 aromatic heterocycles. The first kappa shape index (κ1) is 20.6. The summed E-state index contributed by atoms with van der Waals surface area (Å²) >= 11 is 0. The third-order valence-electron chi connectivity index (χ3n) is 4.00. The Morgan fingerprint density at radius 3 is 2.92 bits per heavy atom. The van der Waals surface area contributed by atoms with Gasteiger partial charge in [0.05, 0.1) is 11.9 Å². The summed E-state index contributed by atoms with van der Waals surface area (Å²) in [6.07, 6.45) is 4.49. The van der Waals surface area contributed by atoms with Gasteiger partial charge in [0.2, 0.25) is 10.0 Å². The highest BCUT2D eigenvalue weighted by Gasteiger charge is 2.17. The summed E-state index contributed by atoms with van der Waals surface area (Å²) in [6.45, 7) is 4.28. The molecule has 10 nitrogen and oxygen atoms in total. The van der Waals surface area contributed by atoms with E-state index in [1.54, 1.807) is 11.7 Å². The highest BCUT2D eigenvalue weighted by atomic mass is 32.2. The van der Waals surface area contributed by atoms with Gasteiger partial charge in [-0.1, -0.05) is 0 Å². The largest absolute Gasteiger partial charge is 0.377 e. The quantitative estimate of drug-likeness (QED) is 0.380. The fourth-order valence-corrected chi connectivity index (χ4v) is 3.47. The minimum Gasteiger partial charge on any atom is -0.377 e. The van der Waals surface area contributed by atoms with Gasteiger partial charge in [-0.15, -0.1) is 0 Å². The van der Waals surface area contributed by atoms with E-state index in [0.29, 0.717) is 32.2 Å². The average Bonchev–Trinajstić information content (AvgIpc) is 3.04. The van der Waals surface area contributed by atoms with E-state index in [1.165, 1.54) is 6.33 Å². The smallest absolute Gasteiger partial charge is 0.213 e. The third kappa shape index (κ3) is 7.26. The molecule has 0 saturated carbocycles. The molecule has 0 radical (unpaired) electrons. The lowest BCUT2D eigenvalue weighted by Gasteiger charge is -2.22. The Bertz CT molecular complexity index is 669. The first-order valence-corrected chi connectivity index (χ1v) is 10.6. The minimum atomic E-state index is -3.36. The van der Waals surface area contributed by atoms with Gasteiger partial charge in [-0.25, -0.2) is 23.1 Å². The SMILES string of the molecule is CCNC(=NCc1ncnn1C)NCCS(=O)(=O)NCC1CCCCO1. The molecule has 2 rings (SSSR count). The molecular formula is C15H29N7O3S. The monoisotopic (exact) mass is 387 g/mol. The van der Waals surface area contributed by atoms with Crippen LogP contribution in [0.1, 0.15) is 32.0 Å². The normalized spacial score (nSPS) is 18.7. The van der Waals surface area contributed by atoms with E-state index in [1.807, 2.05) is 6.92 Å². The van der Waals surface area contributed by atoms with Gasteiger partial charge in [0, 0.05) is 33.3 Å². The molecule has 0 spiro atoms. The molecule has 0 bridgehead atoms. The molecule has 0 amide bonds. The number of hydrogen-bond acceptors (Lipinski definition) is 6. The van der Waals surface area contributed by atoms with Crippen molar-refractivity contribution in [2.24, 2.45) is 12.0 Å². The van der Waals surface area contributed by atoms with Crippen LogP contribution in [0.3, 0.4) is 0 Å². The Morgan fingerprint density at radius 1 is 1.42 bits per heavy atom. The lowest BCUT2D eigenvalue weighted by molar-refractivity contribution is 0.0200. The summed E-state index contributed by atoms with van der Waals surface area (Å²) in [4.78, 5) is 8.50. The Morgan fingerprint density at radius 2 is 2.27 bits per heavy atom. The van der Waals surface area contributed by atoms with Crippen molar-refractivity contribution in [2.45, 2.75) is 38.8 Å². The van der Waals surface area contributed by atoms with Crippen molar-refractivity contribution in [3.05, 3.63) is 12.2 Å². The Balaban J connectivity index is 1.75. The van der Waals surface area contributed by atoms with Crippen LogP contribution < -0.4 is 15.4 Å².